The van der Waals surface area contributed by atoms with Crippen LogP contribution in [0.3, 0.4) is 0 Å². The minimum Gasteiger partial charge on any atom is -0.366 e. The van der Waals surface area contributed by atoms with Crippen molar-refractivity contribution in [3.63, 3.8) is 0 Å². The van der Waals surface area contributed by atoms with Crippen molar-refractivity contribution in [3.8, 4) is 11.8 Å². The van der Waals surface area contributed by atoms with Gasteiger partial charge >= 0.3 is 0 Å². The van der Waals surface area contributed by atoms with Crippen molar-refractivity contribution in [1.29, 1.82) is 0 Å². The van der Waals surface area contributed by atoms with E-state index in [-0.39, 0.29) is 5.60 Å². The molecule has 0 heterocycles. The largest absolute Gasteiger partial charge is 0.366 e. The third-order valence-corrected chi connectivity index (χ3v) is 3.29. The second-order valence-corrected chi connectivity index (χ2v) is 4.28. The first-order valence-corrected chi connectivity index (χ1v) is 5.62. The van der Waals surface area contributed by atoms with Gasteiger partial charge < -0.3 is 4.74 Å². The molecule has 0 aromatic heterocycles. The molecule has 0 aromatic carbocycles. The molecule has 0 unspecified atom stereocenters. The summed E-state index contributed by atoms with van der Waals surface area (Å²) in [6.07, 6.45) is 10.8. The Morgan fingerprint density at radius 1 is 1.29 bits per heavy atom. The van der Waals surface area contributed by atoms with E-state index in [9.17, 15) is 0 Å². The molecule has 0 saturated heterocycles. The van der Waals surface area contributed by atoms with E-state index in [2.05, 4.69) is 17.9 Å². The van der Waals surface area contributed by atoms with E-state index in [4.69, 9.17) is 4.74 Å². The van der Waals surface area contributed by atoms with Gasteiger partial charge in [0.05, 0.1) is 0 Å². The van der Waals surface area contributed by atoms with E-state index in [0.717, 1.165) is 12.8 Å². The highest BCUT2D eigenvalue weighted by Gasteiger charge is 2.34. The van der Waals surface area contributed by atoms with Crippen molar-refractivity contribution in [3.05, 3.63) is 11.6 Å². The summed E-state index contributed by atoms with van der Waals surface area (Å²) in [5.41, 5.74) is 1.25. The fourth-order valence-corrected chi connectivity index (χ4v) is 2.02. The summed E-state index contributed by atoms with van der Waals surface area (Å²) < 4.78 is 5.46. The minimum atomic E-state index is -0.0850. The van der Waals surface area contributed by atoms with Crippen LogP contribution >= 0.6 is 0 Å². The Labute approximate surface area is 86.5 Å². The van der Waals surface area contributed by atoms with Crippen LogP contribution in [0.2, 0.25) is 0 Å². The lowest BCUT2D eigenvalue weighted by atomic mass is 9.80. The van der Waals surface area contributed by atoms with Crippen molar-refractivity contribution in [2.45, 2.75) is 50.5 Å². The van der Waals surface area contributed by atoms with Gasteiger partial charge in [0.2, 0.25) is 0 Å². The molecule has 2 aliphatic carbocycles. The zero-order chi connectivity index (χ0) is 9.86. The topological polar surface area (TPSA) is 9.23 Å². The molecule has 2 aliphatic rings. The van der Waals surface area contributed by atoms with Crippen molar-refractivity contribution in [2.75, 3.05) is 7.11 Å². The van der Waals surface area contributed by atoms with Crippen molar-refractivity contribution < 1.29 is 4.74 Å². The predicted molar refractivity (Wildman–Crippen MR) is 57.9 cm³/mol. The van der Waals surface area contributed by atoms with E-state index in [1.807, 2.05) is 0 Å². The van der Waals surface area contributed by atoms with Gasteiger partial charge in [-0.2, -0.15) is 0 Å². The molecule has 0 amide bonds. The van der Waals surface area contributed by atoms with Crippen LogP contribution in [0.5, 0.6) is 0 Å². The lowest BCUT2D eigenvalue weighted by Gasteiger charge is -2.35. The van der Waals surface area contributed by atoms with Crippen LogP contribution in [-0.2, 0) is 4.74 Å². The summed E-state index contributed by atoms with van der Waals surface area (Å²) in [5, 5.41) is 0. The second-order valence-electron chi connectivity index (χ2n) is 4.28. The monoisotopic (exact) mass is 190 g/mol. The Morgan fingerprint density at radius 2 is 2.14 bits per heavy atom. The van der Waals surface area contributed by atoms with Crippen molar-refractivity contribution in [2.24, 2.45) is 0 Å². The molecule has 14 heavy (non-hydrogen) atoms. The maximum atomic E-state index is 5.46. The molecule has 0 atom stereocenters. The highest BCUT2D eigenvalue weighted by atomic mass is 16.5. The van der Waals surface area contributed by atoms with Crippen LogP contribution in [0.4, 0.5) is 0 Å². The van der Waals surface area contributed by atoms with E-state index in [1.54, 1.807) is 7.11 Å². The van der Waals surface area contributed by atoms with Gasteiger partial charge in [0.25, 0.3) is 0 Å². The smallest absolute Gasteiger partial charge is 0.128 e. The van der Waals surface area contributed by atoms with Crippen LogP contribution < -0.4 is 0 Å². The highest BCUT2D eigenvalue weighted by Crippen LogP contribution is 2.34. The number of ether oxygens (including phenoxy) is 1. The summed E-state index contributed by atoms with van der Waals surface area (Å²) in [6, 6.07) is 0. The van der Waals surface area contributed by atoms with Crippen LogP contribution in [0.25, 0.3) is 0 Å². The zero-order valence-electron chi connectivity index (χ0n) is 8.94. The standard InChI is InChI=1S/C13H18O/c1-14-13(9-5-10-13)11-8-12-6-3-2-4-7-12/h6H,2-5,7,9-10H2,1H3. The minimum absolute atomic E-state index is 0.0850. The van der Waals surface area contributed by atoms with Gasteiger partial charge in [-0.1, -0.05) is 17.9 Å². The third-order valence-electron chi connectivity index (χ3n) is 3.29. The highest BCUT2D eigenvalue weighted by molar-refractivity contribution is 5.34. The van der Waals surface area contributed by atoms with Crippen LogP contribution in [-0.4, -0.2) is 12.7 Å². The molecular formula is C13H18O. The quantitative estimate of drug-likeness (QED) is 0.577. The molecule has 0 radical (unpaired) electrons. The zero-order valence-corrected chi connectivity index (χ0v) is 8.94. The summed E-state index contributed by atoms with van der Waals surface area (Å²) in [5.74, 6) is 6.61. The molecule has 1 saturated carbocycles. The Kier molecular flexibility index (Phi) is 2.93. The van der Waals surface area contributed by atoms with Gasteiger partial charge in [-0.15, -0.1) is 0 Å². The van der Waals surface area contributed by atoms with Crippen LogP contribution in [0.1, 0.15) is 44.9 Å². The van der Waals surface area contributed by atoms with Gasteiger partial charge in [0.15, 0.2) is 0 Å². The van der Waals surface area contributed by atoms with E-state index >= 15 is 0 Å². The van der Waals surface area contributed by atoms with Crippen molar-refractivity contribution >= 4 is 0 Å². The van der Waals surface area contributed by atoms with Crippen molar-refractivity contribution in [1.82, 2.24) is 0 Å². The SMILES string of the molecule is COC1(C#CC2=CCCCC2)CCC1. The third kappa shape index (κ3) is 2.01. The second kappa shape index (κ2) is 4.19. The predicted octanol–water partition coefficient (Wildman–Crippen LogP) is 3.06. The van der Waals surface area contributed by atoms with Gasteiger partial charge in [-0.05, 0) is 50.5 Å². The molecule has 76 valence electrons. The summed E-state index contributed by atoms with van der Waals surface area (Å²) in [4.78, 5) is 0. The lowest BCUT2D eigenvalue weighted by molar-refractivity contribution is -0.0215. The molecule has 1 heteroatoms. The normalized spacial score (nSPS) is 24.2. The molecular weight excluding hydrogens is 172 g/mol. The first kappa shape index (κ1) is 9.80. The maximum Gasteiger partial charge on any atom is 0.128 e. The molecule has 1 fully saturated rings. The number of allylic oxidation sites excluding steroid dienone is 2. The number of methoxy groups -OCH3 is 1. The lowest BCUT2D eigenvalue weighted by Crippen LogP contribution is -2.37. The summed E-state index contributed by atoms with van der Waals surface area (Å²) in [7, 11) is 1.78. The van der Waals surface area contributed by atoms with E-state index in [0.29, 0.717) is 0 Å². The Hall–Kier alpha value is -0.740. The molecule has 0 bridgehead atoms. The fraction of sp³-hybridized carbons (Fsp3) is 0.692. The van der Waals surface area contributed by atoms with E-state index < -0.39 is 0 Å². The van der Waals surface area contributed by atoms with Gasteiger partial charge in [-0.3, -0.25) is 0 Å². The summed E-state index contributed by atoms with van der Waals surface area (Å²) in [6.45, 7) is 0. The number of rotatable bonds is 1. The molecule has 0 spiro atoms. The number of hydrogen-bond acceptors (Lipinski definition) is 1. The first-order valence-electron chi connectivity index (χ1n) is 5.62. The average Bonchev–Trinajstić information content (AvgIpc) is 2.19. The average molecular weight is 190 g/mol. The summed E-state index contributed by atoms with van der Waals surface area (Å²) >= 11 is 0. The number of hydrogen-bond donors (Lipinski definition) is 0. The fourth-order valence-electron chi connectivity index (χ4n) is 2.02. The molecule has 1 nitrogen and oxygen atoms in total. The van der Waals surface area contributed by atoms with Crippen LogP contribution in [0, 0.1) is 11.8 Å². The van der Waals surface area contributed by atoms with Gasteiger partial charge in [0, 0.05) is 7.11 Å². The molecule has 0 N–H and O–H groups in total. The van der Waals surface area contributed by atoms with Gasteiger partial charge in [0.1, 0.15) is 5.60 Å². The Balaban J connectivity index is 2.00. The molecule has 0 aliphatic heterocycles. The van der Waals surface area contributed by atoms with Crippen LogP contribution in [0.15, 0.2) is 11.6 Å². The van der Waals surface area contributed by atoms with E-state index in [1.165, 1.54) is 37.7 Å². The molecule has 2 rings (SSSR count). The molecule has 0 aromatic rings. The Morgan fingerprint density at radius 3 is 2.64 bits per heavy atom. The van der Waals surface area contributed by atoms with Gasteiger partial charge in [-0.25, -0.2) is 0 Å². The Bertz CT molecular complexity index is 281. The first-order chi connectivity index (χ1) is 6.85. The maximum absolute atomic E-state index is 5.46.